The lowest BCUT2D eigenvalue weighted by Crippen LogP contribution is -2.67. The zero-order valence-electron chi connectivity index (χ0n) is 29.2. The van der Waals surface area contributed by atoms with E-state index >= 15 is 0 Å². The van der Waals surface area contributed by atoms with Crippen molar-refractivity contribution in [3.05, 3.63) is 42.0 Å². The fraction of sp³-hybridized carbons (Fsp3) is 0.700. The molecule has 6 nitrogen and oxygen atoms in total. The summed E-state index contributed by atoms with van der Waals surface area (Å²) in [6.07, 6.45) is 13.0. The lowest BCUT2D eigenvalue weighted by atomic mass is 9.32. The van der Waals surface area contributed by atoms with E-state index in [-0.39, 0.29) is 45.4 Å². The third-order valence-electron chi connectivity index (χ3n) is 15.3. The fourth-order valence-corrected chi connectivity index (χ4v) is 12.8. The third kappa shape index (κ3) is 4.62. The first kappa shape index (κ1) is 33.2. The van der Waals surface area contributed by atoms with E-state index < -0.39 is 11.4 Å². The first-order chi connectivity index (χ1) is 21.5. The summed E-state index contributed by atoms with van der Waals surface area (Å²) in [4.78, 5) is 26.1. The molecule has 0 radical (unpaired) electrons. The van der Waals surface area contributed by atoms with Gasteiger partial charge in [-0.25, -0.2) is 4.79 Å². The Morgan fingerprint density at radius 2 is 1.65 bits per heavy atom. The first-order valence-corrected chi connectivity index (χ1v) is 17.7. The van der Waals surface area contributed by atoms with Gasteiger partial charge in [0.25, 0.3) is 0 Å². The summed E-state index contributed by atoms with van der Waals surface area (Å²) in [6.45, 7) is 18.8. The van der Waals surface area contributed by atoms with Gasteiger partial charge >= 0.3 is 11.9 Å². The van der Waals surface area contributed by atoms with Crippen molar-refractivity contribution in [1.29, 1.82) is 0 Å². The number of esters is 1. The summed E-state index contributed by atoms with van der Waals surface area (Å²) in [5.74, 6) is 1.42. The van der Waals surface area contributed by atoms with Crippen LogP contribution in [0.15, 0.2) is 36.4 Å². The molecule has 1 aromatic carbocycles. The first-order valence-electron chi connectivity index (χ1n) is 17.7. The van der Waals surface area contributed by atoms with E-state index in [1.807, 2.05) is 0 Å². The molecule has 5 aliphatic carbocycles. The Kier molecular flexibility index (Phi) is 8.04. The number of fused-ring (bicyclic) bond motifs is 7. The Morgan fingerprint density at radius 1 is 0.913 bits per heavy atom. The Labute approximate surface area is 276 Å². The minimum absolute atomic E-state index is 0.0618. The molecule has 5 fully saturated rings. The summed E-state index contributed by atoms with van der Waals surface area (Å²) in [7, 11) is 1.50. The SMILES string of the molecule is C=C(C)C1CC[C@]2(C(=O)O)CC[C@]3(C)C(CC[C@@H]4[C@@]5(C)CC[C@H](OC(=O)/C=C\c6ccc(O)c(OC)c6)C(C)(C)C5CC[C@]43C)C12. The zero-order valence-corrected chi connectivity index (χ0v) is 29.2. The van der Waals surface area contributed by atoms with Gasteiger partial charge < -0.3 is 19.7 Å². The summed E-state index contributed by atoms with van der Waals surface area (Å²) < 4.78 is 11.4. The van der Waals surface area contributed by atoms with Crippen LogP contribution in [0.3, 0.4) is 0 Å². The molecule has 0 saturated heterocycles. The molecule has 0 amide bonds. The number of carboxylic acid groups (broad SMARTS) is 1. The number of carbonyl (C=O) groups is 2. The number of aromatic hydroxyl groups is 1. The maximum atomic E-state index is 13.1. The topological polar surface area (TPSA) is 93.1 Å². The normalized spacial score (nSPS) is 42.7. The molecular weight excluding hydrogens is 576 g/mol. The lowest BCUT2D eigenvalue weighted by Gasteiger charge is -2.72. The number of benzene rings is 1. The molecule has 4 unspecified atom stereocenters. The van der Waals surface area contributed by atoms with Crippen LogP contribution < -0.4 is 4.74 Å². The third-order valence-corrected chi connectivity index (χ3v) is 15.3. The van der Waals surface area contributed by atoms with E-state index in [0.717, 1.165) is 69.8 Å². The standard InChI is InChI=1S/C40H56O6/c1-24(2)26-15-20-40(35(43)44)22-21-38(6)27(34(26)40)11-13-31-37(5)18-17-32(36(3,4)30(37)16-19-39(31,38)7)46-33(42)14-10-25-9-12-28(41)29(23-25)45-8/h9-10,12,14,23,26-27,30-32,34,41H,1,11,13,15-22H2,2-8H3,(H,43,44)/b14-10-/t26?,27?,30?,31-,32+,34?,37+,38-,39-,40+/m1/s1. The minimum atomic E-state index is -0.592. The number of rotatable bonds is 6. The van der Waals surface area contributed by atoms with Crippen molar-refractivity contribution in [2.24, 2.45) is 56.7 Å². The number of hydrogen-bond acceptors (Lipinski definition) is 5. The van der Waals surface area contributed by atoms with E-state index in [4.69, 9.17) is 9.47 Å². The number of phenols is 1. The number of ether oxygens (including phenoxy) is 2. The molecule has 0 heterocycles. The summed E-state index contributed by atoms with van der Waals surface area (Å²) in [5, 5.41) is 20.5. The monoisotopic (exact) mass is 632 g/mol. The quantitative estimate of drug-likeness (QED) is 0.185. The van der Waals surface area contributed by atoms with Crippen LogP contribution >= 0.6 is 0 Å². The average molecular weight is 633 g/mol. The molecular formula is C40H56O6. The van der Waals surface area contributed by atoms with Gasteiger partial charge in [-0.2, -0.15) is 0 Å². The smallest absolute Gasteiger partial charge is 0.331 e. The highest BCUT2D eigenvalue weighted by Crippen LogP contribution is 2.77. The van der Waals surface area contributed by atoms with Gasteiger partial charge in [0, 0.05) is 11.5 Å². The highest BCUT2D eigenvalue weighted by Gasteiger charge is 2.72. The van der Waals surface area contributed by atoms with Crippen molar-refractivity contribution < 1.29 is 29.3 Å². The van der Waals surface area contributed by atoms with Crippen molar-refractivity contribution in [3.63, 3.8) is 0 Å². The number of methoxy groups -OCH3 is 1. The van der Waals surface area contributed by atoms with Crippen molar-refractivity contribution in [2.45, 2.75) is 112 Å². The summed E-state index contributed by atoms with van der Waals surface area (Å²) in [6, 6.07) is 5.00. The van der Waals surface area contributed by atoms with E-state index in [1.165, 1.54) is 18.8 Å². The molecule has 46 heavy (non-hydrogen) atoms. The van der Waals surface area contributed by atoms with E-state index in [1.54, 1.807) is 24.3 Å². The van der Waals surface area contributed by atoms with Crippen molar-refractivity contribution in [2.75, 3.05) is 7.11 Å². The second kappa shape index (κ2) is 11.2. The number of hydrogen-bond donors (Lipinski definition) is 2. The maximum absolute atomic E-state index is 13.1. The molecule has 0 bridgehead atoms. The summed E-state index contributed by atoms with van der Waals surface area (Å²) in [5.41, 5.74) is 1.54. The Hall–Kier alpha value is -2.76. The molecule has 6 rings (SSSR count). The van der Waals surface area contributed by atoms with Crippen LogP contribution in [0, 0.1) is 56.7 Å². The van der Waals surface area contributed by atoms with Crippen LogP contribution in [0.2, 0.25) is 0 Å². The van der Waals surface area contributed by atoms with Gasteiger partial charge in [-0.1, -0.05) is 52.8 Å². The molecule has 10 atom stereocenters. The number of carbonyl (C=O) groups excluding carboxylic acids is 1. The van der Waals surface area contributed by atoms with Crippen LogP contribution in [0.5, 0.6) is 11.5 Å². The molecule has 5 aliphatic rings. The predicted octanol–water partition coefficient (Wildman–Crippen LogP) is 9.07. The second-order valence-corrected chi connectivity index (χ2v) is 17.2. The van der Waals surface area contributed by atoms with Crippen molar-refractivity contribution in [3.8, 4) is 11.5 Å². The van der Waals surface area contributed by atoms with E-state index in [2.05, 4.69) is 48.1 Å². The van der Waals surface area contributed by atoms with Gasteiger partial charge in [0.05, 0.1) is 12.5 Å². The van der Waals surface area contributed by atoms with Gasteiger partial charge in [0.15, 0.2) is 11.5 Å². The van der Waals surface area contributed by atoms with Gasteiger partial charge in [-0.05, 0) is 141 Å². The Morgan fingerprint density at radius 3 is 2.33 bits per heavy atom. The Balaban J connectivity index is 1.23. The summed E-state index contributed by atoms with van der Waals surface area (Å²) >= 11 is 0. The number of carboxylic acids is 1. The van der Waals surface area contributed by atoms with Gasteiger partial charge in [-0.15, -0.1) is 0 Å². The van der Waals surface area contributed by atoms with Gasteiger partial charge in [0.1, 0.15) is 6.10 Å². The number of phenolic OH excluding ortho intramolecular Hbond substituents is 1. The second-order valence-electron chi connectivity index (χ2n) is 17.2. The Bertz CT molecular complexity index is 1440. The molecule has 252 valence electrons. The van der Waals surface area contributed by atoms with Crippen LogP contribution in [0.4, 0.5) is 0 Å². The lowest BCUT2D eigenvalue weighted by molar-refractivity contribution is -0.250. The molecule has 0 aliphatic heterocycles. The largest absolute Gasteiger partial charge is 0.504 e. The molecule has 0 aromatic heterocycles. The highest BCUT2D eigenvalue weighted by molar-refractivity contribution is 5.87. The van der Waals surface area contributed by atoms with Crippen LogP contribution in [-0.4, -0.2) is 35.4 Å². The maximum Gasteiger partial charge on any atom is 0.331 e. The van der Waals surface area contributed by atoms with Crippen LogP contribution in [-0.2, 0) is 14.3 Å². The molecule has 1 aromatic rings. The number of aliphatic carboxylic acids is 1. The van der Waals surface area contributed by atoms with Crippen LogP contribution in [0.1, 0.15) is 111 Å². The van der Waals surface area contributed by atoms with Crippen molar-refractivity contribution in [1.82, 2.24) is 0 Å². The average Bonchev–Trinajstić information content (AvgIpc) is 3.40. The number of allylic oxidation sites excluding steroid dienone is 1. The zero-order chi connectivity index (χ0) is 33.4. The van der Waals surface area contributed by atoms with Gasteiger partial charge in [-0.3, -0.25) is 4.79 Å². The molecule has 6 heteroatoms. The van der Waals surface area contributed by atoms with Crippen LogP contribution in [0.25, 0.3) is 6.08 Å². The fourth-order valence-electron chi connectivity index (χ4n) is 12.8. The van der Waals surface area contributed by atoms with Gasteiger partial charge in [0.2, 0.25) is 0 Å². The molecule has 0 spiro atoms. The van der Waals surface area contributed by atoms with E-state index in [9.17, 15) is 19.8 Å². The highest BCUT2D eigenvalue weighted by atomic mass is 16.5. The molecule has 2 N–H and O–H groups in total. The van der Waals surface area contributed by atoms with Crippen molar-refractivity contribution >= 4 is 18.0 Å². The predicted molar refractivity (Wildman–Crippen MR) is 180 cm³/mol. The van der Waals surface area contributed by atoms with E-state index in [0.29, 0.717) is 29.4 Å². The minimum Gasteiger partial charge on any atom is -0.504 e. The molecule has 5 saturated carbocycles.